The second kappa shape index (κ2) is 6.08. The Kier molecular flexibility index (Phi) is 4.17. The monoisotopic (exact) mass is 304 g/mol. The molecular weight excluding hydrogens is 284 g/mol. The smallest absolute Gasteiger partial charge is 0.0788 e. The summed E-state index contributed by atoms with van der Waals surface area (Å²) in [5, 5.41) is 5.21. The van der Waals surface area contributed by atoms with Crippen LogP contribution in [0.2, 0.25) is 5.02 Å². The molecule has 1 saturated heterocycles. The molecule has 2 heterocycles. The largest absolute Gasteiger partial charge is 0.369 e. The van der Waals surface area contributed by atoms with E-state index in [1.54, 1.807) is 0 Å². The van der Waals surface area contributed by atoms with Crippen LogP contribution in [0.15, 0.2) is 30.5 Å². The van der Waals surface area contributed by atoms with Gasteiger partial charge in [0.25, 0.3) is 0 Å². The zero-order valence-electron chi connectivity index (χ0n) is 12.3. The van der Waals surface area contributed by atoms with Gasteiger partial charge in [-0.15, -0.1) is 0 Å². The van der Waals surface area contributed by atoms with Gasteiger partial charge in [-0.3, -0.25) is 4.68 Å². The third-order valence-corrected chi connectivity index (χ3v) is 4.46. The van der Waals surface area contributed by atoms with E-state index in [4.69, 9.17) is 17.3 Å². The topological polar surface area (TPSA) is 47.1 Å². The quantitative estimate of drug-likeness (QED) is 0.948. The van der Waals surface area contributed by atoms with Gasteiger partial charge >= 0.3 is 0 Å². The number of rotatable bonds is 3. The number of hydrogen-bond donors (Lipinski definition) is 1. The Morgan fingerprint density at radius 1 is 1.24 bits per heavy atom. The molecule has 2 N–H and O–H groups in total. The van der Waals surface area contributed by atoms with Crippen LogP contribution in [0.4, 0.5) is 5.69 Å². The fourth-order valence-corrected chi connectivity index (χ4v) is 2.98. The Bertz CT molecular complexity index is 597. The van der Waals surface area contributed by atoms with E-state index in [2.05, 4.69) is 22.1 Å². The van der Waals surface area contributed by atoms with Gasteiger partial charge in [-0.25, -0.2) is 0 Å². The van der Waals surface area contributed by atoms with Gasteiger partial charge in [0.15, 0.2) is 0 Å². The van der Waals surface area contributed by atoms with Crippen molar-refractivity contribution in [2.24, 2.45) is 12.8 Å². The highest BCUT2D eigenvalue weighted by Crippen LogP contribution is 2.26. The molecule has 0 radical (unpaired) electrons. The van der Waals surface area contributed by atoms with Crippen LogP contribution in [0, 0.1) is 0 Å². The maximum atomic E-state index is 6.00. The summed E-state index contributed by atoms with van der Waals surface area (Å²) < 4.78 is 1.97. The summed E-state index contributed by atoms with van der Waals surface area (Å²) in [5.74, 6) is 0. The molecule has 112 valence electrons. The molecule has 4 nitrogen and oxygen atoms in total. The lowest BCUT2D eigenvalue weighted by Crippen LogP contribution is -2.40. The third-order valence-electron chi connectivity index (χ3n) is 4.20. The predicted molar refractivity (Wildman–Crippen MR) is 86.9 cm³/mol. The average molecular weight is 305 g/mol. The van der Waals surface area contributed by atoms with E-state index in [-0.39, 0.29) is 0 Å². The third kappa shape index (κ3) is 3.22. The molecule has 0 spiro atoms. The normalized spacial score (nSPS) is 16.4. The SMILES string of the molecule is Cn1ncc(N2CCC(N)CC2)c1Cc1ccc(Cl)cc1. The van der Waals surface area contributed by atoms with E-state index in [1.165, 1.54) is 16.9 Å². The Hall–Kier alpha value is -1.52. The second-order valence-electron chi connectivity index (χ2n) is 5.73. The Balaban J connectivity index is 1.81. The van der Waals surface area contributed by atoms with Crippen molar-refractivity contribution < 1.29 is 0 Å². The van der Waals surface area contributed by atoms with Crippen LogP contribution >= 0.6 is 11.6 Å². The van der Waals surface area contributed by atoms with Crippen molar-refractivity contribution in [3.8, 4) is 0 Å². The van der Waals surface area contributed by atoms with Gasteiger partial charge in [0.1, 0.15) is 0 Å². The van der Waals surface area contributed by atoms with E-state index in [9.17, 15) is 0 Å². The van der Waals surface area contributed by atoms with Gasteiger partial charge in [0, 0.05) is 37.6 Å². The molecule has 1 fully saturated rings. The standard InChI is InChI=1S/C16H21ClN4/c1-20-15(10-12-2-4-13(17)5-3-12)16(11-19-20)21-8-6-14(18)7-9-21/h2-5,11,14H,6-10,18H2,1H3. The number of aromatic nitrogens is 2. The van der Waals surface area contributed by atoms with Gasteiger partial charge in [0.2, 0.25) is 0 Å². The molecule has 0 bridgehead atoms. The van der Waals surface area contributed by atoms with Crippen molar-refractivity contribution in [1.82, 2.24) is 9.78 Å². The lowest BCUT2D eigenvalue weighted by atomic mass is 10.0. The predicted octanol–water partition coefficient (Wildman–Crippen LogP) is 2.59. The summed E-state index contributed by atoms with van der Waals surface area (Å²) in [4.78, 5) is 2.40. The van der Waals surface area contributed by atoms with E-state index in [0.29, 0.717) is 6.04 Å². The molecule has 1 aliphatic heterocycles. The first-order valence-electron chi connectivity index (χ1n) is 7.39. The zero-order chi connectivity index (χ0) is 14.8. The van der Waals surface area contributed by atoms with Crippen molar-refractivity contribution in [1.29, 1.82) is 0 Å². The number of halogens is 1. The van der Waals surface area contributed by atoms with Crippen LogP contribution < -0.4 is 10.6 Å². The van der Waals surface area contributed by atoms with Crippen molar-refractivity contribution >= 4 is 17.3 Å². The van der Waals surface area contributed by atoms with E-state index >= 15 is 0 Å². The molecule has 0 saturated carbocycles. The molecule has 1 aromatic heterocycles. The molecule has 0 atom stereocenters. The first-order valence-corrected chi connectivity index (χ1v) is 7.77. The number of hydrogen-bond acceptors (Lipinski definition) is 3. The maximum Gasteiger partial charge on any atom is 0.0788 e. The number of anilines is 1. The summed E-state index contributed by atoms with van der Waals surface area (Å²) in [5.41, 5.74) is 9.72. The molecule has 0 amide bonds. The number of benzene rings is 1. The van der Waals surface area contributed by atoms with E-state index in [1.807, 2.05) is 30.1 Å². The highest BCUT2D eigenvalue weighted by atomic mass is 35.5. The van der Waals surface area contributed by atoms with Gasteiger partial charge < -0.3 is 10.6 Å². The Labute approximate surface area is 130 Å². The number of nitrogens with zero attached hydrogens (tertiary/aromatic N) is 3. The second-order valence-corrected chi connectivity index (χ2v) is 6.16. The first-order chi connectivity index (χ1) is 10.1. The summed E-state index contributed by atoms with van der Waals surface area (Å²) in [6.45, 7) is 2.03. The minimum atomic E-state index is 0.345. The molecule has 5 heteroatoms. The maximum absolute atomic E-state index is 6.00. The molecule has 0 aliphatic carbocycles. The lowest BCUT2D eigenvalue weighted by molar-refractivity contribution is 0.500. The highest BCUT2D eigenvalue weighted by Gasteiger charge is 2.21. The zero-order valence-corrected chi connectivity index (χ0v) is 13.1. The average Bonchev–Trinajstić information content (AvgIpc) is 2.84. The van der Waals surface area contributed by atoms with Gasteiger partial charge in [-0.05, 0) is 30.5 Å². The van der Waals surface area contributed by atoms with E-state index in [0.717, 1.165) is 37.4 Å². The van der Waals surface area contributed by atoms with E-state index < -0.39 is 0 Å². The molecule has 2 aromatic rings. The fraction of sp³-hybridized carbons (Fsp3) is 0.438. The van der Waals surface area contributed by atoms with Crippen LogP contribution in [0.3, 0.4) is 0 Å². The number of nitrogens with two attached hydrogens (primary N) is 1. The van der Waals surface area contributed by atoms with Crippen LogP contribution in [0.1, 0.15) is 24.1 Å². The summed E-state index contributed by atoms with van der Waals surface area (Å²) >= 11 is 5.95. The van der Waals surface area contributed by atoms with Crippen LogP contribution in [-0.4, -0.2) is 28.9 Å². The molecule has 0 unspecified atom stereocenters. The van der Waals surface area contributed by atoms with Crippen molar-refractivity contribution in [2.45, 2.75) is 25.3 Å². The number of aryl methyl sites for hydroxylation is 1. The number of piperidine rings is 1. The Morgan fingerprint density at radius 2 is 1.90 bits per heavy atom. The molecular formula is C16H21ClN4. The van der Waals surface area contributed by atoms with Crippen molar-refractivity contribution in [3.63, 3.8) is 0 Å². The van der Waals surface area contributed by atoms with Gasteiger partial charge in [0.05, 0.1) is 17.6 Å². The van der Waals surface area contributed by atoms with Gasteiger partial charge in [-0.2, -0.15) is 5.10 Å². The minimum Gasteiger partial charge on any atom is -0.369 e. The first kappa shape index (κ1) is 14.4. The summed E-state index contributed by atoms with van der Waals surface area (Å²) in [6.07, 6.45) is 4.94. The fourth-order valence-electron chi connectivity index (χ4n) is 2.86. The molecule has 1 aliphatic rings. The molecule has 3 rings (SSSR count). The van der Waals surface area contributed by atoms with Crippen molar-refractivity contribution in [2.75, 3.05) is 18.0 Å². The highest BCUT2D eigenvalue weighted by molar-refractivity contribution is 6.30. The molecule has 21 heavy (non-hydrogen) atoms. The van der Waals surface area contributed by atoms with Crippen LogP contribution in [0.5, 0.6) is 0 Å². The molecule has 1 aromatic carbocycles. The Morgan fingerprint density at radius 3 is 2.57 bits per heavy atom. The van der Waals surface area contributed by atoms with Crippen LogP contribution in [-0.2, 0) is 13.5 Å². The lowest BCUT2D eigenvalue weighted by Gasteiger charge is -2.31. The van der Waals surface area contributed by atoms with Crippen molar-refractivity contribution in [3.05, 3.63) is 46.7 Å². The summed E-state index contributed by atoms with van der Waals surface area (Å²) in [7, 11) is 2.00. The summed E-state index contributed by atoms with van der Waals surface area (Å²) in [6, 6.07) is 8.37. The van der Waals surface area contributed by atoms with Crippen LogP contribution in [0.25, 0.3) is 0 Å². The minimum absolute atomic E-state index is 0.345. The van der Waals surface area contributed by atoms with Gasteiger partial charge in [-0.1, -0.05) is 23.7 Å².